The number of rotatable bonds is 5. The number of thiophene rings is 1. The molecule has 2 aliphatic heterocycles. The van der Waals surface area contributed by atoms with Crippen LogP contribution in [0.5, 0.6) is 0 Å². The average Bonchev–Trinajstić information content (AvgIpc) is 3.26. The van der Waals surface area contributed by atoms with Gasteiger partial charge in [0.05, 0.1) is 16.1 Å². The van der Waals surface area contributed by atoms with Gasteiger partial charge >= 0.3 is 6.85 Å². The molecule has 2 aromatic heterocycles. The summed E-state index contributed by atoms with van der Waals surface area (Å²) in [4.78, 5) is 5.56. The van der Waals surface area contributed by atoms with Gasteiger partial charge in [0.1, 0.15) is 11.2 Å². The smallest absolute Gasteiger partial charge is 0.333 e. The largest absolute Gasteiger partial charge is 0.456 e. The fraction of sp³-hybridized carbons (Fsp3) is 0.316. The molecule has 21 rings (SSSR count). The van der Waals surface area contributed by atoms with Crippen LogP contribution in [0.25, 0.3) is 75.1 Å². The van der Waals surface area contributed by atoms with Crippen molar-refractivity contribution < 1.29 is 4.42 Å². The fourth-order valence-electron chi connectivity index (χ4n) is 20.0. The molecule has 0 N–H and O–H groups in total. The van der Waals surface area contributed by atoms with Gasteiger partial charge in [-0.3, -0.25) is 0 Å². The molecule has 81 heavy (non-hydrogen) atoms. The number of anilines is 5. The second kappa shape index (κ2) is 16.3. The molecule has 10 aliphatic rings. The van der Waals surface area contributed by atoms with Gasteiger partial charge in [-0.15, -0.1) is 11.3 Å². The predicted octanol–water partition coefficient (Wildman–Crippen LogP) is 19.7. The van der Waals surface area contributed by atoms with Gasteiger partial charge in [-0.1, -0.05) is 118 Å². The number of fused-ring (bicyclic) bond motifs is 12. The van der Waals surface area contributed by atoms with Gasteiger partial charge in [0.25, 0.3) is 0 Å². The normalized spacial score (nSPS) is 26.6. The van der Waals surface area contributed by atoms with Crippen LogP contribution >= 0.6 is 11.3 Å². The predicted molar refractivity (Wildman–Crippen MR) is 342 cm³/mol. The zero-order chi connectivity index (χ0) is 53.3. The van der Waals surface area contributed by atoms with Crippen molar-refractivity contribution >= 4 is 110 Å². The number of furan rings is 1. The van der Waals surface area contributed by atoms with E-state index in [1.807, 2.05) is 11.3 Å². The van der Waals surface area contributed by atoms with E-state index in [9.17, 15) is 0 Å². The van der Waals surface area contributed by atoms with E-state index in [1.165, 1.54) is 175 Å². The first-order valence-electron chi connectivity index (χ1n) is 31.0. The molecule has 9 aromatic carbocycles. The number of nitrogens with zero attached hydrogens (tertiary/aromatic N) is 2. The molecular formula is C76H67BN2OS. The summed E-state index contributed by atoms with van der Waals surface area (Å²) in [7, 11) is 0. The van der Waals surface area contributed by atoms with Crippen LogP contribution in [-0.4, -0.2) is 6.85 Å². The van der Waals surface area contributed by atoms with Crippen molar-refractivity contribution in [3.63, 3.8) is 0 Å². The van der Waals surface area contributed by atoms with Crippen molar-refractivity contribution in [1.29, 1.82) is 0 Å². The van der Waals surface area contributed by atoms with Gasteiger partial charge in [-0.2, -0.15) is 0 Å². The molecule has 8 bridgehead atoms. The van der Waals surface area contributed by atoms with Crippen LogP contribution < -0.4 is 20.6 Å². The topological polar surface area (TPSA) is 19.6 Å². The molecule has 0 amide bonds. The van der Waals surface area contributed by atoms with Crippen molar-refractivity contribution in [3.05, 3.63) is 187 Å². The van der Waals surface area contributed by atoms with Gasteiger partial charge in [-0.25, -0.2) is 0 Å². The Morgan fingerprint density at radius 3 is 1.77 bits per heavy atom. The first-order chi connectivity index (χ1) is 39.6. The summed E-state index contributed by atoms with van der Waals surface area (Å²) in [5.74, 6) is 5.29. The highest BCUT2D eigenvalue weighted by Gasteiger charge is 2.54. The van der Waals surface area contributed by atoms with Gasteiger partial charge in [0.2, 0.25) is 0 Å². The van der Waals surface area contributed by atoms with Crippen LogP contribution in [0.4, 0.5) is 28.4 Å². The molecule has 396 valence electrons. The molecule has 0 atom stereocenters. The summed E-state index contributed by atoms with van der Waals surface area (Å²) in [5, 5.41) is 7.44. The second-order valence-corrected chi connectivity index (χ2v) is 29.5. The summed E-state index contributed by atoms with van der Waals surface area (Å²) in [6, 6.07) is 67.3. The molecule has 3 nitrogen and oxygen atoms in total. The zero-order valence-corrected chi connectivity index (χ0v) is 47.7. The van der Waals surface area contributed by atoms with Crippen molar-refractivity contribution in [1.82, 2.24) is 0 Å². The molecule has 8 aliphatic carbocycles. The van der Waals surface area contributed by atoms with Crippen LogP contribution in [0.3, 0.4) is 0 Å². The molecule has 8 fully saturated rings. The van der Waals surface area contributed by atoms with E-state index >= 15 is 0 Å². The van der Waals surface area contributed by atoms with E-state index in [0.29, 0.717) is 5.41 Å². The highest BCUT2D eigenvalue weighted by molar-refractivity contribution is 7.26. The van der Waals surface area contributed by atoms with Gasteiger partial charge in [0, 0.05) is 54.4 Å². The molecule has 4 heterocycles. The lowest BCUT2D eigenvalue weighted by Crippen LogP contribution is -2.61. The number of hydrogen-bond donors (Lipinski definition) is 0. The lowest BCUT2D eigenvalue weighted by molar-refractivity contribution is -0.00528. The third-order valence-electron chi connectivity index (χ3n) is 22.6. The van der Waals surface area contributed by atoms with Gasteiger partial charge in [-0.05, 0) is 251 Å². The summed E-state index contributed by atoms with van der Waals surface area (Å²) >= 11 is 1.98. The van der Waals surface area contributed by atoms with Crippen molar-refractivity contribution in [2.24, 2.45) is 35.5 Å². The Balaban J connectivity index is 0.930. The number of hydrogen-bond acceptors (Lipinski definition) is 4. The zero-order valence-electron chi connectivity index (χ0n) is 46.9. The van der Waals surface area contributed by atoms with Crippen molar-refractivity contribution in [3.8, 4) is 22.3 Å². The highest BCUT2D eigenvalue weighted by Crippen LogP contribution is 2.64. The SMILES string of the molecule is CC(C)(C)c1ccc(N2c3cc4c(cc3B3c5c(cc6c(sc7ccccc76)c52)-c2cc(C56CC7CC(CC(C7)C5)C6)ccc2N3c2ccc(C35CC6CC(CC(C6)C3)C5)cc2)oc2cc3ccccc3cc24)c(-c2ccccc2)c1. The molecule has 0 saturated heterocycles. The molecule has 5 heteroatoms. The lowest BCUT2D eigenvalue weighted by Gasteiger charge is -2.57. The molecule has 0 radical (unpaired) electrons. The Kier molecular flexibility index (Phi) is 9.39. The molecule has 0 unspecified atom stereocenters. The van der Waals surface area contributed by atoms with E-state index in [1.54, 1.807) is 11.1 Å². The van der Waals surface area contributed by atoms with Crippen LogP contribution in [-0.2, 0) is 16.2 Å². The van der Waals surface area contributed by atoms with Crippen LogP contribution in [0.2, 0.25) is 0 Å². The molecule has 0 spiro atoms. The monoisotopic (exact) mass is 1070 g/mol. The maximum Gasteiger partial charge on any atom is 0.333 e. The maximum atomic E-state index is 7.19. The summed E-state index contributed by atoms with van der Waals surface area (Å²) in [5.41, 5.74) is 21.2. The Bertz CT molecular complexity index is 4430. The first kappa shape index (κ1) is 46.5. The summed E-state index contributed by atoms with van der Waals surface area (Å²) in [6.45, 7) is 6.92. The quantitative estimate of drug-likeness (QED) is 0.160. The van der Waals surface area contributed by atoms with Crippen LogP contribution in [0.1, 0.15) is 115 Å². The van der Waals surface area contributed by atoms with E-state index in [4.69, 9.17) is 4.42 Å². The second-order valence-electron chi connectivity index (χ2n) is 28.5. The van der Waals surface area contributed by atoms with E-state index in [-0.39, 0.29) is 17.7 Å². The summed E-state index contributed by atoms with van der Waals surface area (Å²) < 4.78 is 9.88. The number of benzene rings is 9. The maximum absolute atomic E-state index is 7.19. The molecule has 8 saturated carbocycles. The Labute approximate surface area is 480 Å². The van der Waals surface area contributed by atoms with Crippen molar-refractivity contribution in [2.45, 2.75) is 114 Å². The van der Waals surface area contributed by atoms with Gasteiger partial charge in [0.15, 0.2) is 0 Å². The third-order valence-corrected chi connectivity index (χ3v) is 23.8. The lowest BCUT2D eigenvalue weighted by atomic mass is 9.43. The van der Waals surface area contributed by atoms with E-state index in [0.717, 1.165) is 57.4 Å². The van der Waals surface area contributed by atoms with Gasteiger partial charge < -0.3 is 14.1 Å². The van der Waals surface area contributed by atoms with E-state index in [2.05, 4.69) is 200 Å². The molecule has 11 aromatic rings. The summed E-state index contributed by atoms with van der Waals surface area (Å²) in [6.07, 6.45) is 16.9. The third kappa shape index (κ3) is 6.65. The Morgan fingerprint density at radius 1 is 0.481 bits per heavy atom. The minimum absolute atomic E-state index is 0.0495. The fourth-order valence-corrected chi connectivity index (χ4v) is 21.2. The minimum atomic E-state index is -0.148. The minimum Gasteiger partial charge on any atom is -0.456 e. The highest BCUT2D eigenvalue weighted by atomic mass is 32.1. The standard InChI is InChI=1S/C76H67BN2OS/c1-74(2,3)54-19-23-65(58(33-54)50-11-5-4-6-12-50)78-67-36-61-60-31-51-13-7-8-14-52(51)32-68(60)80-69(61)37-64(67)77-71-62(35-63-57-15-9-10-16-70(57)81-73(63)72(71)78)59-34-55(76-41-47-28-48(42-76)30-49(29-47)43-76)20-24-66(59)79(77)56-21-17-53(18-22-56)75-38-44-25-45(39-75)27-46(26-44)40-75/h4-24,31-37,44-49H,25-30,38-43H2,1-3H3. The van der Waals surface area contributed by atoms with Crippen molar-refractivity contribution in [2.75, 3.05) is 9.71 Å². The van der Waals surface area contributed by atoms with E-state index < -0.39 is 0 Å². The first-order valence-corrected chi connectivity index (χ1v) is 31.8. The average molecular weight is 1070 g/mol. The van der Waals surface area contributed by atoms with Crippen LogP contribution in [0.15, 0.2) is 174 Å². The Morgan fingerprint density at radius 2 is 1.07 bits per heavy atom. The van der Waals surface area contributed by atoms with Crippen LogP contribution in [0, 0.1) is 35.5 Å². The molecular weight excluding hydrogens is 1000 g/mol. The Hall–Kier alpha value is -7.08.